The minimum atomic E-state index is -0.0430. The van der Waals surface area contributed by atoms with E-state index in [0.29, 0.717) is 13.2 Å². The fraction of sp³-hybridized carbons (Fsp3) is 0.438. The number of benzene rings is 1. The van der Waals surface area contributed by atoms with E-state index in [2.05, 4.69) is 11.9 Å². The van der Waals surface area contributed by atoms with Crippen LogP contribution in [0.25, 0.3) is 6.08 Å². The van der Waals surface area contributed by atoms with Crippen molar-refractivity contribution in [3.05, 3.63) is 36.4 Å². The zero-order chi connectivity index (χ0) is 14.4. The van der Waals surface area contributed by atoms with Gasteiger partial charge in [-0.05, 0) is 37.5 Å². The molecule has 0 aromatic heterocycles. The molecule has 2 amide bonds. The second kappa shape index (κ2) is 7.10. The fourth-order valence-corrected chi connectivity index (χ4v) is 2.43. The highest BCUT2D eigenvalue weighted by Gasteiger charge is 2.28. The number of rotatable bonds is 5. The predicted molar refractivity (Wildman–Crippen MR) is 81.8 cm³/mol. The quantitative estimate of drug-likeness (QED) is 0.894. The van der Waals surface area contributed by atoms with Gasteiger partial charge in [0.25, 0.3) is 0 Å². The molecule has 0 spiro atoms. The van der Waals surface area contributed by atoms with Gasteiger partial charge in [0.15, 0.2) is 0 Å². The lowest BCUT2D eigenvalue weighted by Gasteiger charge is -2.24. The highest BCUT2D eigenvalue weighted by Crippen LogP contribution is 2.19. The molecule has 1 aromatic carbocycles. The number of nitrogens with zero attached hydrogens (tertiary/aromatic N) is 1. The normalized spacial score (nSPS) is 18.1. The molecule has 1 unspecified atom stereocenters. The number of ether oxygens (including phenoxy) is 1. The summed E-state index contributed by atoms with van der Waals surface area (Å²) in [6.45, 7) is 7.80. The molecule has 4 nitrogen and oxygen atoms in total. The summed E-state index contributed by atoms with van der Waals surface area (Å²) in [7, 11) is 0. The number of anilines is 1. The van der Waals surface area contributed by atoms with E-state index >= 15 is 0 Å². The number of carbonyl (C=O) groups is 1. The van der Waals surface area contributed by atoms with E-state index in [9.17, 15) is 4.79 Å². The summed E-state index contributed by atoms with van der Waals surface area (Å²) in [5.74, 6) is 0. The van der Waals surface area contributed by atoms with Crippen molar-refractivity contribution < 1.29 is 9.53 Å². The summed E-state index contributed by atoms with van der Waals surface area (Å²) in [6, 6.07) is 7.81. The lowest BCUT2D eigenvalue weighted by atomic mass is 10.2. The second-order valence-electron chi connectivity index (χ2n) is 4.91. The Hall–Kier alpha value is -1.81. The number of nitrogens with one attached hydrogen (secondary N) is 1. The summed E-state index contributed by atoms with van der Waals surface area (Å²) in [5, 5.41) is 2.94. The van der Waals surface area contributed by atoms with Crippen LogP contribution in [0.15, 0.2) is 30.8 Å². The van der Waals surface area contributed by atoms with E-state index < -0.39 is 0 Å². The summed E-state index contributed by atoms with van der Waals surface area (Å²) < 4.78 is 5.45. The van der Waals surface area contributed by atoms with Gasteiger partial charge in [-0.15, -0.1) is 0 Å². The number of amides is 2. The van der Waals surface area contributed by atoms with Crippen LogP contribution in [0, 0.1) is 0 Å². The van der Waals surface area contributed by atoms with Crippen LogP contribution in [-0.4, -0.2) is 36.7 Å². The maximum absolute atomic E-state index is 12.3. The third-order valence-corrected chi connectivity index (χ3v) is 3.55. The van der Waals surface area contributed by atoms with Crippen LogP contribution in [0.5, 0.6) is 0 Å². The molecule has 4 heteroatoms. The van der Waals surface area contributed by atoms with Gasteiger partial charge in [0, 0.05) is 18.8 Å². The standard InChI is InChI=1S/C16H22N2O2/c1-3-13-7-9-14(10-8-13)17-16(19)18-11-5-6-15(18)12-20-4-2/h3,7-10,15H,1,4-6,11-12H2,2H3,(H,17,19). The van der Waals surface area contributed by atoms with E-state index in [-0.39, 0.29) is 12.1 Å². The van der Waals surface area contributed by atoms with Crippen molar-refractivity contribution in [3.8, 4) is 0 Å². The molecule has 1 aliphatic heterocycles. The minimum absolute atomic E-state index is 0.0430. The fourth-order valence-electron chi connectivity index (χ4n) is 2.43. The van der Waals surface area contributed by atoms with Gasteiger partial charge in [0.05, 0.1) is 12.6 Å². The Morgan fingerprint density at radius 2 is 2.25 bits per heavy atom. The van der Waals surface area contributed by atoms with Crippen molar-refractivity contribution in [1.29, 1.82) is 0 Å². The Kier molecular flexibility index (Phi) is 5.18. The van der Waals surface area contributed by atoms with Crippen LogP contribution in [0.1, 0.15) is 25.3 Å². The van der Waals surface area contributed by atoms with Crippen LogP contribution < -0.4 is 5.32 Å². The third kappa shape index (κ3) is 3.61. The summed E-state index contributed by atoms with van der Waals surface area (Å²) in [6.07, 6.45) is 3.84. The first kappa shape index (κ1) is 14.6. The Labute approximate surface area is 120 Å². The highest BCUT2D eigenvalue weighted by atomic mass is 16.5. The molecule has 0 aliphatic carbocycles. The first-order valence-corrected chi connectivity index (χ1v) is 7.12. The van der Waals surface area contributed by atoms with Crippen LogP contribution >= 0.6 is 0 Å². The van der Waals surface area contributed by atoms with Gasteiger partial charge >= 0.3 is 6.03 Å². The van der Waals surface area contributed by atoms with Crippen molar-refractivity contribution in [3.63, 3.8) is 0 Å². The molecule has 0 saturated carbocycles. The summed E-state index contributed by atoms with van der Waals surface area (Å²) >= 11 is 0. The monoisotopic (exact) mass is 274 g/mol. The van der Waals surface area contributed by atoms with Crippen molar-refractivity contribution in [1.82, 2.24) is 4.90 Å². The summed E-state index contributed by atoms with van der Waals surface area (Å²) in [4.78, 5) is 14.2. The highest BCUT2D eigenvalue weighted by molar-refractivity contribution is 5.89. The van der Waals surface area contributed by atoms with E-state index in [4.69, 9.17) is 4.74 Å². The van der Waals surface area contributed by atoms with Gasteiger partial charge in [0.1, 0.15) is 0 Å². The maximum Gasteiger partial charge on any atom is 0.322 e. The molecular formula is C16H22N2O2. The largest absolute Gasteiger partial charge is 0.380 e. The molecule has 1 N–H and O–H groups in total. The topological polar surface area (TPSA) is 41.6 Å². The first-order chi connectivity index (χ1) is 9.74. The molecule has 20 heavy (non-hydrogen) atoms. The van der Waals surface area contributed by atoms with E-state index in [1.807, 2.05) is 36.1 Å². The van der Waals surface area contributed by atoms with Gasteiger partial charge in [-0.2, -0.15) is 0 Å². The molecule has 1 aromatic rings. The van der Waals surface area contributed by atoms with Gasteiger partial charge in [-0.3, -0.25) is 0 Å². The van der Waals surface area contributed by atoms with Gasteiger partial charge in [0.2, 0.25) is 0 Å². The van der Waals surface area contributed by atoms with Crippen molar-refractivity contribution in [2.45, 2.75) is 25.8 Å². The predicted octanol–water partition coefficient (Wildman–Crippen LogP) is 3.36. The average molecular weight is 274 g/mol. The molecule has 108 valence electrons. The number of hydrogen-bond donors (Lipinski definition) is 1. The number of hydrogen-bond acceptors (Lipinski definition) is 2. The zero-order valence-electron chi connectivity index (χ0n) is 12.0. The molecule has 2 rings (SSSR count). The molecule has 1 saturated heterocycles. The van der Waals surface area contributed by atoms with Crippen molar-refractivity contribution in [2.24, 2.45) is 0 Å². The van der Waals surface area contributed by atoms with Crippen LogP contribution in [-0.2, 0) is 4.74 Å². The Morgan fingerprint density at radius 3 is 2.90 bits per heavy atom. The smallest absolute Gasteiger partial charge is 0.322 e. The van der Waals surface area contributed by atoms with E-state index in [1.54, 1.807) is 6.08 Å². The Morgan fingerprint density at radius 1 is 1.50 bits per heavy atom. The van der Waals surface area contributed by atoms with Gasteiger partial charge in [-0.1, -0.05) is 24.8 Å². The SMILES string of the molecule is C=Cc1ccc(NC(=O)N2CCCC2COCC)cc1. The molecule has 1 heterocycles. The third-order valence-electron chi connectivity index (χ3n) is 3.55. The average Bonchev–Trinajstić information content (AvgIpc) is 2.94. The number of carbonyl (C=O) groups excluding carboxylic acids is 1. The van der Waals surface area contributed by atoms with Gasteiger partial charge in [-0.25, -0.2) is 4.79 Å². The Bertz CT molecular complexity index is 456. The molecule has 1 atom stereocenters. The van der Waals surface area contributed by atoms with Crippen LogP contribution in [0.4, 0.5) is 10.5 Å². The Balaban J connectivity index is 1.94. The molecule has 1 aliphatic rings. The minimum Gasteiger partial charge on any atom is -0.380 e. The van der Waals surface area contributed by atoms with E-state index in [0.717, 1.165) is 30.6 Å². The number of likely N-dealkylation sites (tertiary alicyclic amines) is 1. The van der Waals surface area contributed by atoms with Crippen molar-refractivity contribution >= 4 is 17.8 Å². The lowest BCUT2D eigenvalue weighted by molar-refractivity contribution is 0.0970. The molecular weight excluding hydrogens is 252 g/mol. The summed E-state index contributed by atoms with van der Waals surface area (Å²) in [5.41, 5.74) is 1.85. The van der Waals surface area contributed by atoms with Gasteiger partial charge < -0.3 is 15.0 Å². The van der Waals surface area contributed by atoms with Crippen LogP contribution in [0.2, 0.25) is 0 Å². The lowest BCUT2D eigenvalue weighted by Crippen LogP contribution is -2.41. The molecule has 0 radical (unpaired) electrons. The number of urea groups is 1. The maximum atomic E-state index is 12.3. The molecule has 0 bridgehead atoms. The van der Waals surface area contributed by atoms with E-state index in [1.165, 1.54) is 0 Å². The second-order valence-corrected chi connectivity index (χ2v) is 4.91. The zero-order valence-corrected chi connectivity index (χ0v) is 12.0. The van der Waals surface area contributed by atoms with Crippen LogP contribution in [0.3, 0.4) is 0 Å². The van der Waals surface area contributed by atoms with Crippen molar-refractivity contribution in [2.75, 3.05) is 25.1 Å². The molecule has 1 fully saturated rings. The first-order valence-electron chi connectivity index (χ1n) is 7.12.